The number of ketones is 1. The summed E-state index contributed by atoms with van der Waals surface area (Å²) in [5.74, 6) is -0.869. The fourth-order valence-electron chi connectivity index (χ4n) is 2.92. The fourth-order valence-corrected chi connectivity index (χ4v) is 6.95. The average molecular weight is 448 g/mol. The molecule has 0 spiro atoms. The molecule has 0 aliphatic carbocycles. The zero-order chi connectivity index (χ0) is 19.8. The highest BCUT2D eigenvalue weighted by Gasteiger charge is 2.34. The molecule has 1 aliphatic heterocycles. The summed E-state index contributed by atoms with van der Waals surface area (Å²) >= 11 is 7.98. The Balaban J connectivity index is 1.71. The lowest BCUT2D eigenvalue weighted by atomic mass is 9.99. The first kappa shape index (κ1) is 20.4. The number of nitrogens with zero attached hydrogens (tertiary/aromatic N) is 2. The molecule has 2 aromatic rings. The van der Waals surface area contributed by atoms with Crippen LogP contribution in [-0.2, 0) is 14.8 Å². The SMILES string of the molecule is CC(=O)c1sc(NC(=O)C2CCCN(S(=O)(=O)c3ccc(Cl)s3)C2)nc1C. The second-order valence-corrected chi connectivity index (χ2v) is 11.1. The molecule has 1 saturated heterocycles. The number of anilines is 1. The topological polar surface area (TPSA) is 96.4 Å². The van der Waals surface area contributed by atoms with Crippen molar-refractivity contribution in [1.29, 1.82) is 0 Å². The lowest BCUT2D eigenvalue weighted by Crippen LogP contribution is -2.43. The number of carbonyl (C=O) groups is 2. The normalized spacial score (nSPS) is 18.4. The first-order valence-electron chi connectivity index (χ1n) is 8.23. The molecule has 1 aliphatic rings. The summed E-state index contributed by atoms with van der Waals surface area (Å²) in [6, 6.07) is 3.03. The van der Waals surface area contributed by atoms with E-state index in [1.807, 2.05) is 0 Å². The average Bonchev–Trinajstić information content (AvgIpc) is 3.21. The van der Waals surface area contributed by atoms with Crippen molar-refractivity contribution >= 4 is 61.1 Å². The van der Waals surface area contributed by atoms with E-state index in [0.717, 1.165) is 22.7 Å². The minimum Gasteiger partial charge on any atom is -0.302 e. The number of hydrogen-bond acceptors (Lipinski definition) is 7. The van der Waals surface area contributed by atoms with Crippen molar-refractivity contribution in [2.45, 2.75) is 30.9 Å². The van der Waals surface area contributed by atoms with Crippen molar-refractivity contribution < 1.29 is 18.0 Å². The predicted octanol–water partition coefficient (Wildman–Crippen LogP) is 3.41. The van der Waals surface area contributed by atoms with Gasteiger partial charge in [-0.25, -0.2) is 13.4 Å². The Morgan fingerprint density at radius 2 is 2.07 bits per heavy atom. The summed E-state index contributed by atoms with van der Waals surface area (Å²) in [5, 5.41) is 3.07. The van der Waals surface area contributed by atoms with Crippen LogP contribution in [0, 0.1) is 12.8 Å². The van der Waals surface area contributed by atoms with Crippen LogP contribution in [0.15, 0.2) is 16.3 Å². The van der Waals surface area contributed by atoms with Crippen LogP contribution in [-0.4, -0.2) is 42.5 Å². The molecule has 0 radical (unpaired) electrons. The molecule has 0 bridgehead atoms. The maximum absolute atomic E-state index is 12.7. The smallest absolute Gasteiger partial charge is 0.252 e. The highest BCUT2D eigenvalue weighted by molar-refractivity contribution is 7.91. The highest BCUT2D eigenvalue weighted by atomic mass is 35.5. The van der Waals surface area contributed by atoms with Gasteiger partial charge in [0.25, 0.3) is 10.0 Å². The van der Waals surface area contributed by atoms with Crippen molar-refractivity contribution in [3.8, 4) is 0 Å². The van der Waals surface area contributed by atoms with Gasteiger partial charge in [0.05, 0.1) is 20.8 Å². The van der Waals surface area contributed by atoms with E-state index < -0.39 is 15.9 Å². The summed E-state index contributed by atoms with van der Waals surface area (Å²) in [4.78, 5) is 28.8. The molecule has 1 atom stereocenters. The molecule has 7 nitrogen and oxygen atoms in total. The molecule has 1 N–H and O–H groups in total. The highest BCUT2D eigenvalue weighted by Crippen LogP contribution is 2.31. The monoisotopic (exact) mass is 447 g/mol. The minimum atomic E-state index is -3.66. The molecule has 27 heavy (non-hydrogen) atoms. The standard InChI is InChI=1S/C16H18ClN3O4S3/c1-9-14(10(2)21)26-16(18-9)19-15(22)11-4-3-7-20(8-11)27(23,24)13-6-5-12(17)25-13/h5-6,11H,3-4,7-8H2,1-2H3,(H,18,19,22). The van der Waals surface area contributed by atoms with Gasteiger partial charge in [-0.3, -0.25) is 9.59 Å². The van der Waals surface area contributed by atoms with Crippen molar-refractivity contribution in [3.05, 3.63) is 27.0 Å². The van der Waals surface area contributed by atoms with Crippen LogP contribution in [0.2, 0.25) is 4.34 Å². The molecular weight excluding hydrogens is 430 g/mol. The molecule has 0 saturated carbocycles. The number of sulfonamides is 1. The van der Waals surface area contributed by atoms with E-state index in [9.17, 15) is 18.0 Å². The number of Topliss-reactive ketones (excluding diaryl/α,β-unsaturated/α-hetero) is 1. The van der Waals surface area contributed by atoms with E-state index in [4.69, 9.17) is 11.6 Å². The van der Waals surface area contributed by atoms with Gasteiger partial charge in [0, 0.05) is 20.0 Å². The molecule has 0 aromatic carbocycles. The number of thiazole rings is 1. The maximum Gasteiger partial charge on any atom is 0.252 e. The Hall–Kier alpha value is -1.33. The molecular formula is C16H18ClN3O4S3. The van der Waals surface area contributed by atoms with Gasteiger partial charge >= 0.3 is 0 Å². The van der Waals surface area contributed by atoms with Gasteiger partial charge in [0.15, 0.2) is 10.9 Å². The van der Waals surface area contributed by atoms with Gasteiger partial charge in [-0.15, -0.1) is 11.3 Å². The van der Waals surface area contributed by atoms with Crippen LogP contribution >= 0.6 is 34.3 Å². The number of aryl methyl sites for hydroxylation is 1. The lowest BCUT2D eigenvalue weighted by Gasteiger charge is -2.30. The zero-order valence-corrected chi connectivity index (χ0v) is 17.9. The number of hydrogen-bond donors (Lipinski definition) is 1. The second-order valence-electron chi connectivity index (χ2n) is 6.24. The van der Waals surface area contributed by atoms with Gasteiger partial charge in [0.1, 0.15) is 4.21 Å². The lowest BCUT2D eigenvalue weighted by molar-refractivity contribution is -0.120. The molecule has 1 fully saturated rings. The third-order valence-corrected chi connectivity index (χ3v) is 8.98. The Bertz CT molecular complexity index is 983. The van der Waals surface area contributed by atoms with Gasteiger partial charge in [-0.2, -0.15) is 4.31 Å². The summed E-state index contributed by atoms with van der Waals surface area (Å²) in [6.07, 6.45) is 1.18. The fraction of sp³-hybridized carbons (Fsp3) is 0.438. The third kappa shape index (κ3) is 4.40. The summed E-state index contributed by atoms with van der Waals surface area (Å²) in [5.41, 5.74) is 0.574. The van der Waals surface area contributed by atoms with Crippen molar-refractivity contribution in [3.63, 3.8) is 0 Å². The number of rotatable bonds is 5. The van der Waals surface area contributed by atoms with E-state index in [1.165, 1.54) is 17.3 Å². The quantitative estimate of drug-likeness (QED) is 0.708. The Morgan fingerprint density at radius 1 is 1.33 bits per heavy atom. The van der Waals surface area contributed by atoms with Crippen LogP contribution in [0.25, 0.3) is 0 Å². The van der Waals surface area contributed by atoms with Gasteiger partial charge in [0.2, 0.25) is 5.91 Å². The number of piperidine rings is 1. The number of aromatic nitrogens is 1. The van der Waals surface area contributed by atoms with Gasteiger partial charge in [-0.1, -0.05) is 22.9 Å². The predicted molar refractivity (Wildman–Crippen MR) is 106 cm³/mol. The van der Waals surface area contributed by atoms with Crippen LogP contribution in [0.1, 0.15) is 35.1 Å². The molecule has 146 valence electrons. The Morgan fingerprint density at radius 3 is 2.67 bits per heavy atom. The van der Waals surface area contributed by atoms with E-state index in [-0.39, 0.29) is 22.4 Å². The van der Waals surface area contributed by atoms with Crippen LogP contribution in [0.3, 0.4) is 0 Å². The molecule has 2 aromatic heterocycles. The number of nitrogens with one attached hydrogen (secondary N) is 1. The zero-order valence-electron chi connectivity index (χ0n) is 14.7. The number of carbonyl (C=O) groups excluding carboxylic acids is 2. The van der Waals surface area contributed by atoms with Crippen LogP contribution in [0.5, 0.6) is 0 Å². The maximum atomic E-state index is 12.7. The van der Waals surface area contributed by atoms with Crippen molar-refractivity contribution in [2.75, 3.05) is 18.4 Å². The van der Waals surface area contributed by atoms with Gasteiger partial charge in [-0.05, 0) is 31.9 Å². The first-order chi connectivity index (χ1) is 12.7. The van der Waals surface area contributed by atoms with Crippen molar-refractivity contribution in [2.24, 2.45) is 5.92 Å². The molecule has 3 rings (SSSR count). The Kier molecular flexibility index (Phi) is 6.02. The number of thiophene rings is 1. The van der Waals surface area contributed by atoms with Crippen LogP contribution < -0.4 is 5.32 Å². The van der Waals surface area contributed by atoms with E-state index in [0.29, 0.717) is 39.4 Å². The summed E-state index contributed by atoms with van der Waals surface area (Å²) in [7, 11) is -3.66. The molecule has 1 amide bonds. The number of halogens is 1. The van der Waals surface area contributed by atoms with E-state index in [2.05, 4.69) is 10.3 Å². The van der Waals surface area contributed by atoms with Gasteiger partial charge < -0.3 is 5.32 Å². The number of amides is 1. The van der Waals surface area contributed by atoms with E-state index in [1.54, 1.807) is 13.0 Å². The molecule has 3 heterocycles. The summed E-state index contributed by atoms with van der Waals surface area (Å²) in [6.45, 7) is 3.64. The third-order valence-electron chi connectivity index (χ3n) is 4.24. The minimum absolute atomic E-state index is 0.102. The molecule has 11 heteroatoms. The summed E-state index contributed by atoms with van der Waals surface area (Å²) < 4.78 is 27.4. The Labute approximate surface area is 170 Å². The largest absolute Gasteiger partial charge is 0.302 e. The van der Waals surface area contributed by atoms with Crippen LogP contribution in [0.4, 0.5) is 5.13 Å². The molecule has 1 unspecified atom stereocenters. The first-order valence-corrected chi connectivity index (χ1v) is 11.7. The van der Waals surface area contributed by atoms with Crippen molar-refractivity contribution in [1.82, 2.24) is 9.29 Å². The van der Waals surface area contributed by atoms with E-state index >= 15 is 0 Å². The second kappa shape index (κ2) is 7.96.